The van der Waals surface area contributed by atoms with Crippen molar-refractivity contribution in [1.29, 1.82) is 0 Å². The lowest BCUT2D eigenvalue weighted by molar-refractivity contribution is -0.110. The summed E-state index contributed by atoms with van der Waals surface area (Å²) in [6.45, 7) is 2.80. The fourth-order valence-electron chi connectivity index (χ4n) is 3.76. The zero-order valence-corrected chi connectivity index (χ0v) is 17.2. The summed E-state index contributed by atoms with van der Waals surface area (Å²) >= 11 is 0. The van der Waals surface area contributed by atoms with Gasteiger partial charge >= 0.3 is 6.09 Å². The van der Waals surface area contributed by atoms with Crippen LogP contribution in [0.5, 0.6) is 5.75 Å². The van der Waals surface area contributed by atoms with Crippen LogP contribution in [-0.2, 0) is 9.53 Å². The molecule has 4 atom stereocenters. The van der Waals surface area contributed by atoms with Crippen LogP contribution in [0.2, 0.25) is 0 Å². The average Bonchev–Trinajstić information content (AvgIpc) is 3.30. The molecule has 4 rings (SSSR count). The summed E-state index contributed by atoms with van der Waals surface area (Å²) in [6, 6.07) is 3.99. The average molecular weight is 447 g/mol. The number of rotatable bonds is 4. The zero-order chi connectivity index (χ0) is 23.2. The topological polar surface area (TPSA) is 153 Å². The summed E-state index contributed by atoms with van der Waals surface area (Å²) in [5.41, 5.74) is 2.67. The number of nitrogens with one attached hydrogen (secondary N) is 3. The Morgan fingerprint density at radius 2 is 2.06 bits per heavy atom. The van der Waals surface area contributed by atoms with E-state index in [1.807, 2.05) is 0 Å². The van der Waals surface area contributed by atoms with Crippen LogP contribution in [-0.4, -0.2) is 63.5 Å². The van der Waals surface area contributed by atoms with Gasteiger partial charge in [0.2, 0.25) is 0 Å². The van der Waals surface area contributed by atoms with Gasteiger partial charge in [0.15, 0.2) is 12.0 Å². The lowest BCUT2D eigenvalue weighted by atomic mass is 10.0. The number of anilines is 1. The summed E-state index contributed by atoms with van der Waals surface area (Å²) in [4.78, 5) is 27.7. The van der Waals surface area contributed by atoms with Gasteiger partial charge in [0.05, 0.1) is 17.9 Å². The normalized spacial score (nSPS) is 25.7. The molecule has 10 nitrogen and oxygen atoms in total. The van der Waals surface area contributed by atoms with Gasteiger partial charge in [-0.3, -0.25) is 10.1 Å². The number of benzene rings is 1. The highest BCUT2D eigenvalue weighted by Crippen LogP contribution is 2.35. The van der Waals surface area contributed by atoms with E-state index in [-0.39, 0.29) is 17.2 Å². The Morgan fingerprint density at radius 1 is 1.31 bits per heavy atom. The van der Waals surface area contributed by atoms with Crippen molar-refractivity contribution in [2.75, 3.05) is 11.9 Å². The number of amides is 2. The second-order valence-corrected chi connectivity index (χ2v) is 7.61. The molecule has 0 radical (unpaired) electrons. The quantitative estimate of drug-likeness (QED) is 0.379. The number of carbonyl (C=O) groups excluding carboxylic acids is 2. The number of hydrogen-bond donors (Lipinski definition) is 6. The minimum Gasteiger partial charge on any atom is -0.408 e. The summed E-state index contributed by atoms with van der Waals surface area (Å²) in [6.07, 6.45) is -4.49. The lowest BCUT2D eigenvalue weighted by Crippen LogP contribution is -2.45. The number of carbonyl (C=O) groups is 2. The number of aromatic nitrogens is 1. The number of ether oxygens (including phenoxy) is 2. The predicted molar refractivity (Wildman–Crippen MR) is 110 cm³/mol. The Morgan fingerprint density at radius 3 is 2.75 bits per heavy atom. The smallest absolute Gasteiger partial charge is 0.408 e. The Hall–Kier alpha value is -3.25. The Balaban J connectivity index is 1.53. The highest BCUT2D eigenvalue weighted by atomic mass is 19.1. The van der Waals surface area contributed by atoms with Gasteiger partial charge in [0.25, 0.3) is 5.91 Å². The molecule has 3 heterocycles. The van der Waals surface area contributed by atoms with Crippen LogP contribution < -0.4 is 15.4 Å². The molecule has 2 aliphatic rings. The molecule has 1 aromatic heterocycles. The molecule has 0 saturated carbocycles. The number of halogens is 1. The molecule has 0 aliphatic carbocycles. The number of fused-ring (bicyclic) bond motifs is 1. The van der Waals surface area contributed by atoms with Crippen LogP contribution in [0.4, 0.5) is 14.9 Å². The number of H-pyrrole nitrogens is 1. The number of aliphatic hydroxyl groups excluding tert-OH is 3. The molecule has 2 aromatic rings. The van der Waals surface area contributed by atoms with Crippen LogP contribution in [0.25, 0.3) is 11.6 Å². The molecule has 170 valence electrons. The van der Waals surface area contributed by atoms with Crippen molar-refractivity contribution in [1.82, 2.24) is 10.3 Å². The van der Waals surface area contributed by atoms with E-state index in [0.29, 0.717) is 28.2 Å². The van der Waals surface area contributed by atoms with E-state index in [0.717, 1.165) is 0 Å². The summed E-state index contributed by atoms with van der Waals surface area (Å²) in [5, 5.41) is 33.8. The minimum absolute atomic E-state index is 0.193. The van der Waals surface area contributed by atoms with Crippen molar-refractivity contribution in [2.24, 2.45) is 0 Å². The standard InChI is InChI=1S/C21H22FN3O7/c1-8-14(6-12-11-5-10(22)3-4-13(11)24-19(12)29)23-9(2)18(8)32-21(30)25-20-17(28)16(27)15(7-26)31-20/h3-6,15-17,20,23,26-28H,7H2,1-2H3,(H,24,29)(H,25,30)/b12-6-/t15-,16-,17-,20-/m0/s1. The van der Waals surface area contributed by atoms with E-state index < -0.39 is 43.1 Å². The van der Waals surface area contributed by atoms with Crippen molar-refractivity contribution in [3.63, 3.8) is 0 Å². The number of aliphatic hydroxyl groups is 3. The first-order valence-electron chi connectivity index (χ1n) is 9.82. The van der Waals surface area contributed by atoms with Crippen LogP contribution in [0.15, 0.2) is 18.2 Å². The monoisotopic (exact) mass is 447 g/mol. The van der Waals surface area contributed by atoms with Crippen LogP contribution in [0.3, 0.4) is 0 Å². The highest BCUT2D eigenvalue weighted by Gasteiger charge is 2.43. The van der Waals surface area contributed by atoms with Crippen molar-refractivity contribution >= 4 is 29.3 Å². The molecule has 1 saturated heterocycles. The van der Waals surface area contributed by atoms with Crippen molar-refractivity contribution in [2.45, 2.75) is 38.4 Å². The molecule has 32 heavy (non-hydrogen) atoms. The van der Waals surface area contributed by atoms with Gasteiger partial charge in [-0.2, -0.15) is 0 Å². The van der Waals surface area contributed by atoms with Gasteiger partial charge < -0.3 is 35.1 Å². The van der Waals surface area contributed by atoms with E-state index >= 15 is 0 Å². The maximum absolute atomic E-state index is 13.7. The second kappa shape index (κ2) is 8.36. The Labute approximate surface area is 181 Å². The van der Waals surface area contributed by atoms with Crippen LogP contribution in [0.1, 0.15) is 22.5 Å². The van der Waals surface area contributed by atoms with Gasteiger partial charge in [-0.25, -0.2) is 9.18 Å². The van der Waals surface area contributed by atoms with Crippen molar-refractivity contribution < 1.29 is 38.8 Å². The zero-order valence-electron chi connectivity index (χ0n) is 17.2. The van der Waals surface area contributed by atoms with E-state index in [9.17, 15) is 24.2 Å². The van der Waals surface area contributed by atoms with Gasteiger partial charge in [-0.1, -0.05) is 0 Å². The third-order valence-corrected chi connectivity index (χ3v) is 5.46. The molecule has 2 aliphatic heterocycles. The van der Waals surface area contributed by atoms with E-state index in [4.69, 9.17) is 14.6 Å². The number of aromatic amines is 1. The largest absolute Gasteiger partial charge is 0.414 e. The molecule has 6 N–H and O–H groups in total. The maximum atomic E-state index is 13.7. The van der Waals surface area contributed by atoms with E-state index in [1.54, 1.807) is 19.9 Å². The van der Waals surface area contributed by atoms with Gasteiger partial charge in [-0.15, -0.1) is 0 Å². The van der Waals surface area contributed by atoms with Gasteiger partial charge in [0, 0.05) is 22.5 Å². The first-order chi connectivity index (χ1) is 15.2. The molecule has 1 aromatic carbocycles. The second-order valence-electron chi connectivity index (χ2n) is 7.61. The first kappa shape index (κ1) is 22.0. The van der Waals surface area contributed by atoms with Crippen molar-refractivity contribution in [3.8, 4) is 5.75 Å². The lowest BCUT2D eigenvalue weighted by Gasteiger charge is -2.16. The fourth-order valence-corrected chi connectivity index (χ4v) is 3.76. The molecule has 1 fully saturated rings. The first-order valence-corrected chi connectivity index (χ1v) is 9.82. The molecular formula is C21H22FN3O7. The third-order valence-electron chi connectivity index (χ3n) is 5.46. The van der Waals surface area contributed by atoms with Crippen LogP contribution in [0, 0.1) is 19.7 Å². The third kappa shape index (κ3) is 3.86. The molecule has 0 bridgehead atoms. The van der Waals surface area contributed by atoms with Gasteiger partial charge in [-0.05, 0) is 38.1 Å². The summed E-state index contributed by atoms with van der Waals surface area (Å²) in [7, 11) is 0. The Kier molecular flexibility index (Phi) is 5.73. The molecule has 0 unspecified atom stereocenters. The molecule has 0 spiro atoms. The Bertz CT molecular complexity index is 1110. The summed E-state index contributed by atoms with van der Waals surface area (Å²) < 4.78 is 24.2. The fraction of sp³-hybridized carbons (Fsp3) is 0.333. The van der Waals surface area contributed by atoms with Crippen LogP contribution >= 0.6 is 0 Å². The predicted octanol–water partition coefficient (Wildman–Crippen LogP) is 0.791. The maximum Gasteiger partial charge on any atom is 0.414 e. The number of hydrogen-bond acceptors (Lipinski definition) is 7. The SMILES string of the molecule is Cc1[nH]c(/C=C2\C(=O)Nc3ccc(F)cc32)c(C)c1OC(=O)N[C@H]1O[C@@H](CO)[C@H](O)[C@@H]1O. The molecule has 2 amide bonds. The van der Waals surface area contributed by atoms with E-state index in [1.165, 1.54) is 18.2 Å². The number of aryl methyl sites for hydroxylation is 1. The minimum atomic E-state index is -1.44. The van der Waals surface area contributed by atoms with Gasteiger partial charge in [0.1, 0.15) is 24.1 Å². The van der Waals surface area contributed by atoms with E-state index in [2.05, 4.69) is 15.6 Å². The van der Waals surface area contributed by atoms with Crippen molar-refractivity contribution in [3.05, 3.63) is 46.5 Å². The molecular weight excluding hydrogens is 425 g/mol. The molecule has 11 heteroatoms. The summed E-state index contributed by atoms with van der Waals surface area (Å²) in [5.74, 6) is -0.670. The highest BCUT2D eigenvalue weighted by molar-refractivity contribution is 6.34.